The van der Waals surface area contributed by atoms with Crippen molar-refractivity contribution in [2.24, 2.45) is 0 Å². The molecule has 13 heteroatoms. The number of carbonyl (C=O) groups is 2. The lowest BCUT2D eigenvalue weighted by Crippen LogP contribution is -2.55. The smallest absolute Gasteiger partial charge is 0.410 e. The fourth-order valence-corrected chi connectivity index (χ4v) is 6.58. The van der Waals surface area contributed by atoms with Crippen LogP contribution in [0, 0.1) is 0 Å². The molecule has 0 aromatic heterocycles. The number of hydrogen-bond donors (Lipinski definition) is 1. The molecule has 0 aliphatic carbocycles. The average Bonchev–Trinajstić information content (AvgIpc) is 3.13. The highest BCUT2D eigenvalue weighted by molar-refractivity contribution is 6.32. The van der Waals surface area contributed by atoms with Gasteiger partial charge in [-0.05, 0) is 74.7 Å². The second-order valence-electron chi connectivity index (χ2n) is 14.0. The number of ether oxygens (including phenoxy) is 7. The van der Waals surface area contributed by atoms with Gasteiger partial charge in [0.05, 0.1) is 62.4 Å². The molecule has 0 radical (unpaired) electrons. The molecular weight excluding hydrogens is 704 g/mol. The maximum absolute atomic E-state index is 13.4. The fraction of sp³-hybridized carbons (Fsp3) is 0.500. The minimum Gasteiger partial charge on any atom is -0.493 e. The third-order valence-corrected chi connectivity index (χ3v) is 9.13. The van der Waals surface area contributed by atoms with Crippen LogP contribution in [0.1, 0.15) is 50.7 Å². The summed E-state index contributed by atoms with van der Waals surface area (Å²) in [7, 11) is 1.70. The van der Waals surface area contributed by atoms with Gasteiger partial charge in [-0.1, -0.05) is 41.9 Å². The molecule has 12 nitrogen and oxygen atoms in total. The van der Waals surface area contributed by atoms with Crippen LogP contribution in [0.4, 0.5) is 10.5 Å². The lowest BCUT2D eigenvalue weighted by atomic mass is 9.84. The van der Waals surface area contributed by atoms with Gasteiger partial charge in [-0.25, -0.2) is 9.59 Å². The van der Waals surface area contributed by atoms with E-state index in [4.69, 9.17) is 44.8 Å². The van der Waals surface area contributed by atoms with E-state index in [1.165, 1.54) is 0 Å². The Morgan fingerprint density at radius 3 is 2.38 bits per heavy atom. The molecule has 1 fully saturated rings. The maximum atomic E-state index is 13.4. The highest BCUT2D eigenvalue weighted by Gasteiger charge is 2.42. The Morgan fingerprint density at radius 1 is 0.925 bits per heavy atom. The van der Waals surface area contributed by atoms with Gasteiger partial charge in [0.15, 0.2) is 0 Å². The molecule has 5 rings (SSSR count). The minimum atomic E-state index is -1.11. The summed E-state index contributed by atoms with van der Waals surface area (Å²) in [5.41, 5.74) is 2.08. The van der Waals surface area contributed by atoms with Crippen molar-refractivity contribution in [2.45, 2.75) is 63.9 Å². The normalized spacial score (nSPS) is 18.5. The monoisotopic (exact) mass is 754 g/mol. The maximum Gasteiger partial charge on any atom is 0.410 e. The van der Waals surface area contributed by atoms with Gasteiger partial charge in [0.2, 0.25) is 0 Å². The van der Waals surface area contributed by atoms with Gasteiger partial charge in [-0.3, -0.25) is 0 Å². The molecule has 2 heterocycles. The summed E-state index contributed by atoms with van der Waals surface area (Å²) in [6, 6.07) is 21.0. The molecule has 288 valence electrons. The number of carboxylic acid groups (broad SMARTS) is 1. The third-order valence-electron chi connectivity index (χ3n) is 8.81. The molecule has 2 aliphatic rings. The number of carboxylic acids is 1. The van der Waals surface area contributed by atoms with E-state index in [9.17, 15) is 14.7 Å². The van der Waals surface area contributed by atoms with E-state index in [1.54, 1.807) is 38.8 Å². The second-order valence-corrected chi connectivity index (χ2v) is 14.4. The number of carbonyl (C=O) groups excluding carboxylic acids is 1. The van der Waals surface area contributed by atoms with Crippen molar-refractivity contribution < 1.29 is 47.9 Å². The van der Waals surface area contributed by atoms with Crippen molar-refractivity contribution in [3.63, 3.8) is 0 Å². The lowest BCUT2D eigenvalue weighted by Gasteiger charge is -2.43. The molecule has 1 N–H and O–H groups in total. The summed E-state index contributed by atoms with van der Waals surface area (Å²) in [5.74, 6) is 0.612. The Kier molecular flexibility index (Phi) is 14.5. The van der Waals surface area contributed by atoms with Crippen LogP contribution in [0.25, 0.3) is 0 Å². The Hall–Kier alpha value is -4.23. The van der Waals surface area contributed by atoms with Gasteiger partial charge < -0.3 is 48.1 Å². The quantitative estimate of drug-likeness (QED) is 0.146. The zero-order valence-electron chi connectivity index (χ0n) is 31.0. The predicted octanol–water partition coefficient (Wildman–Crippen LogP) is 6.81. The first kappa shape index (κ1) is 40.0. The SMILES string of the molecule is COCCCN1CCOc2ccc(CO[C@H]3CN(C(=O)OC(C)(C)C)C[C@@H](OCC(=O)O)[C@@H]3c3ccc(OCCCOc4ccccc4Cl)cc3)cc21. The van der Waals surface area contributed by atoms with Crippen LogP contribution in [0.3, 0.4) is 0 Å². The van der Waals surface area contributed by atoms with Gasteiger partial charge in [0.1, 0.15) is 36.1 Å². The summed E-state index contributed by atoms with van der Waals surface area (Å²) in [4.78, 5) is 28.9. The van der Waals surface area contributed by atoms with Crippen molar-refractivity contribution in [2.75, 3.05) is 71.2 Å². The van der Waals surface area contributed by atoms with Crippen molar-refractivity contribution in [1.82, 2.24) is 4.90 Å². The highest BCUT2D eigenvalue weighted by Crippen LogP contribution is 2.37. The number of halogens is 1. The van der Waals surface area contributed by atoms with E-state index < -0.39 is 42.4 Å². The van der Waals surface area contributed by atoms with Crippen LogP contribution < -0.4 is 19.1 Å². The summed E-state index contributed by atoms with van der Waals surface area (Å²) >= 11 is 6.18. The van der Waals surface area contributed by atoms with Crippen molar-refractivity contribution >= 4 is 29.4 Å². The van der Waals surface area contributed by atoms with Crippen molar-refractivity contribution in [3.8, 4) is 17.2 Å². The van der Waals surface area contributed by atoms with Crippen molar-refractivity contribution in [1.29, 1.82) is 0 Å². The summed E-state index contributed by atoms with van der Waals surface area (Å²) < 4.78 is 41.3. The summed E-state index contributed by atoms with van der Waals surface area (Å²) in [6.45, 7) is 9.24. The van der Waals surface area contributed by atoms with Gasteiger partial charge >= 0.3 is 12.1 Å². The molecular formula is C40H51ClN2O10. The highest BCUT2D eigenvalue weighted by atomic mass is 35.5. The molecule has 2 aliphatic heterocycles. The van der Waals surface area contributed by atoms with Crippen LogP contribution >= 0.6 is 11.6 Å². The van der Waals surface area contributed by atoms with Gasteiger partial charge in [-0.2, -0.15) is 0 Å². The topological polar surface area (TPSA) is 125 Å². The predicted molar refractivity (Wildman–Crippen MR) is 201 cm³/mol. The number of nitrogens with zero attached hydrogens (tertiary/aromatic N) is 2. The van der Waals surface area contributed by atoms with Crippen LogP contribution in [0.15, 0.2) is 66.7 Å². The standard InChI is InChI=1S/C40H51ClN2O10/c1-40(2,3)53-39(46)43-24-35(51-26-28-11-16-34-32(23-28)42(18-22-50-34)17-7-19-47-4)38(36(25-43)52-27-37(44)45)29-12-14-30(15-13-29)48-20-8-21-49-33-10-6-5-9-31(33)41/h5-6,9-16,23,35-36,38H,7-8,17-22,24-27H2,1-4H3,(H,44,45)/t35-,36+,38+/m0/s1. The Labute approximate surface area is 316 Å². The molecule has 1 saturated heterocycles. The first-order valence-electron chi connectivity index (χ1n) is 18.0. The number of amides is 1. The number of methoxy groups -OCH3 is 1. The van der Waals surface area contributed by atoms with E-state index in [1.807, 2.05) is 54.6 Å². The van der Waals surface area contributed by atoms with Crippen LogP contribution in [0.5, 0.6) is 17.2 Å². The van der Waals surface area contributed by atoms with Crippen LogP contribution in [0.2, 0.25) is 5.02 Å². The largest absolute Gasteiger partial charge is 0.493 e. The van der Waals surface area contributed by atoms with Crippen LogP contribution in [-0.4, -0.2) is 106 Å². The van der Waals surface area contributed by atoms with Gasteiger partial charge in [0, 0.05) is 32.6 Å². The number of piperidine rings is 1. The molecule has 0 spiro atoms. The van der Waals surface area contributed by atoms with Gasteiger partial charge in [-0.15, -0.1) is 0 Å². The number of benzene rings is 3. The van der Waals surface area contributed by atoms with E-state index in [2.05, 4.69) is 11.0 Å². The van der Waals surface area contributed by atoms with E-state index >= 15 is 0 Å². The zero-order valence-corrected chi connectivity index (χ0v) is 31.7. The fourth-order valence-electron chi connectivity index (χ4n) is 6.39. The zero-order chi connectivity index (χ0) is 37.8. The minimum absolute atomic E-state index is 0.128. The number of likely N-dealkylation sites (tertiary alicyclic amines) is 1. The molecule has 0 unspecified atom stereocenters. The van der Waals surface area contributed by atoms with E-state index in [-0.39, 0.29) is 19.7 Å². The Morgan fingerprint density at radius 2 is 1.66 bits per heavy atom. The van der Waals surface area contributed by atoms with Gasteiger partial charge in [0.25, 0.3) is 0 Å². The molecule has 3 aromatic rings. The van der Waals surface area contributed by atoms with E-state index in [0.717, 1.165) is 42.1 Å². The van der Waals surface area contributed by atoms with Crippen LogP contribution in [-0.2, 0) is 30.3 Å². The molecule has 53 heavy (non-hydrogen) atoms. The molecule has 3 aromatic carbocycles. The van der Waals surface area contributed by atoms with E-state index in [0.29, 0.717) is 49.4 Å². The van der Waals surface area contributed by atoms with Crippen molar-refractivity contribution in [3.05, 3.63) is 82.9 Å². The first-order chi connectivity index (χ1) is 25.5. The molecule has 3 atom stereocenters. The molecule has 0 bridgehead atoms. The Balaban J connectivity index is 1.32. The number of para-hydroxylation sites is 1. The third kappa shape index (κ3) is 11.9. The molecule has 1 amide bonds. The number of hydrogen-bond acceptors (Lipinski definition) is 10. The number of aliphatic carboxylic acids is 1. The number of fused-ring (bicyclic) bond motifs is 1. The molecule has 0 saturated carbocycles. The lowest BCUT2D eigenvalue weighted by molar-refractivity contribution is -0.149. The number of rotatable bonds is 17. The summed E-state index contributed by atoms with van der Waals surface area (Å²) in [6.07, 6.45) is -0.237. The average molecular weight is 755 g/mol. The number of anilines is 1. The first-order valence-corrected chi connectivity index (χ1v) is 18.4. The Bertz CT molecular complexity index is 1630. The summed E-state index contributed by atoms with van der Waals surface area (Å²) in [5, 5.41) is 10.1. The second kappa shape index (κ2) is 19.2.